The number of hydrogen-bond acceptors (Lipinski definition) is 5. The summed E-state index contributed by atoms with van der Waals surface area (Å²) in [5, 5.41) is 10.1. The highest BCUT2D eigenvalue weighted by molar-refractivity contribution is 5.69. The van der Waals surface area contributed by atoms with Gasteiger partial charge in [0.25, 0.3) is 0 Å². The first kappa shape index (κ1) is 50.6. The van der Waals surface area contributed by atoms with Gasteiger partial charge in [0, 0.05) is 12.8 Å². The van der Waals surface area contributed by atoms with E-state index in [0.717, 1.165) is 32.1 Å². The molecule has 52 heavy (non-hydrogen) atoms. The molecule has 0 heterocycles. The molecule has 0 radical (unpaired) electrons. The molecule has 0 bridgehead atoms. The van der Waals surface area contributed by atoms with Crippen molar-refractivity contribution in [2.24, 2.45) is 0 Å². The van der Waals surface area contributed by atoms with Crippen molar-refractivity contribution >= 4 is 11.9 Å². The highest BCUT2D eigenvalue weighted by Gasteiger charge is 2.12. The minimum absolute atomic E-state index is 0.109. The van der Waals surface area contributed by atoms with Crippen molar-refractivity contribution in [3.8, 4) is 0 Å². The topological polar surface area (TPSA) is 72.8 Å². The van der Waals surface area contributed by atoms with E-state index in [2.05, 4.69) is 26.0 Å². The summed E-state index contributed by atoms with van der Waals surface area (Å²) in [6.45, 7) is 4.34. The van der Waals surface area contributed by atoms with Gasteiger partial charge in [0.2, 0.25) is 0 Å². The number of hydrogen-bond donors (Lipinski definition) is 1. The number of aliphatic hydroxyl groups is 1. The van der Waals surface area contributed by atoms with Gasteiger partial charge in [-0.05, 0) is 38.5 Å². The Balaban J connectivity index is 3.36. The van der Waals surface area contributed by atoms with E-state index in [9.17, 15) is 14.7 Å². The maximum absolute atomic E-state index is 12.0. The molecule has 0 aliphatic carbocycles. The lowest BCUT2D eigenvalue weighted by atomic mass is 10.0. The number of carbonyl (C=O) groups is 2. The van der Waals surface area contributed by atoms with Crippen LogP contribution in [0.15, 0.2) is 12.2 Å². The minimum Gasteiger partial charge on any atom is -0.463 e. The lowest BCUT2D eigenvalue weighted by Gasteiger charge is -2.12. The van der Waals surface area contributed by atoms with Gasteiger partial charge in [-0.15, -0.1) is 0 Å². The first-order valence-electron chi connectivity index (χ1n) is 23.2. The van der Waals surface area contributed by atoms with E-state index in [4.69, 9.17) is 9.47 Å². The summed E-state index contributed by atoms with van der Waals surface area (Å²) in [5.41, 5.74) is 0. The first-order chi connectivity index (χ1) is 25.6. The van der Waals surface area contributed by atoms with Crippen molar-refractivity contribution in [1.82, 2.24) is 0 Å². The van der Waals surface area contributed by atoms with Gasteiger partial charge in [0.05, 0.1) is 0 Å². The van der Waals surface area contributed by atoms with Crippen molar-refractivity contribution in [3.05, 3.63) is 12.2 Å². The van der Waals surface area contributed by atoms with E-state index < -0.39 is 6.10 Å². The van der Waals surface area contributed by atoms with Crippen molar-refractivity contribution < 1.29 is 24.2 Å². The predicted molar refractivity (Wildman–Crippen MR) is 224 cm³/mol. The van der Waals surface area contributed by atoms with Crippen molar-refractivity contribution in [1.29, 1.82) is 0 Å². The van der Waals surface area contributed by atoms with Gasteiger partial charge < -0.3 is 14.6 Å². The minimum atomic E-state index is -0.958. The number of unbranched alkanes of at least 4 members (excludes halogenated alkanes) is 33. The molecule has 0 rings (SSSR count). The van der Waals surface area contributed by atoms with Gasteiger partial charge >= 0.3 is 11.9 Å². The summed E-state index contributed by atoms with van der Waals surface area (Å²) in [5.74, 6) is -0.550. The van der Waals surface area contributed by atoms with Crippen LogP contribution >= 0.6 is 0 Å². The molecule has 0 saturated heterocycles. The zero-order chi connectivity index (χ0) is 37.8. The number of carbonyl (C=O) groups excluding carboxylic acids is 2. The Morgan fingerprint density at radius 2 is 0.615 bits per heavy atom. The summed E-state index contributed by atoms with van der Waals surface area (Å²) in [4.78, 5) is 24.0. The molecule has 0 saturated carbocycles. The van der Waals surface area contributed by atoms with E-state index in [0.29, 0.717) is 12.8 Å². The van der Waals surface area contributed by atoms with Gasteiger partial charge in [0.15, 0.2) is 0 Å². The van der Waals surface area contributed by atoms with Crippen LogP contribution in [-0.2, 0) is 19.1 Å². The maximum atomic E-state index is 12.0. The Bertz CT molecular complexity index is 750. The van der Waals surface area contributed by atoms with Crippen LogP contribution in [0.5, 0.6) is 0 Å². The Hall–Kier alpha value is -1.36. The molecule has 0 aromatic heterocycles. The summed E-state index contributed by atoms with van der Waals surface area (Å²) >= 11 is 0. The summed E-state index contributed by atoms with van der Waals surface area (Å²) < 4.78 is 10.4. The Labute approximate surface area is 324 Å². The molecular weight excluding hydrogens is 645 g/mol. The number of aliphatic hydroxyl groups excluding tert-OH is 1. The summed E-state index contributed by atoms with van der Waals surface area (Å²) in [6.07, 6.45) is 51.4. The molecule has 308 valence electrons. The number of allylic oxidation sites excluding steroid dienone is 2. The van der Waals surface area contributed by atoms with E-state index in [-0.39, 0.29) is 25.2 Å². The number of rotatable bonds is 43. The summed E-state index contributed by atoms with van der Waals surface area (Å²) in [7, 11) is 0. The molecule has 5 nitrogen and oxygen atoms in total. The van der Waals surface area contributed by atoms with Gasteiger partial charge in [-0.25, -0.2) is 0 Å². The fourth-order valence-corrected chi connectivity index (χ4v) is 6.97. The van der Waals surface area contributed by atoms with Gasteiger partial charge in [0.1, 0.15) is 19.3 Å². The van der Waals surface area contributed by atoms with Crippen molar-refractivity contribution in [2.45, 2.75) is 264 Å². The largest absolute Gasteiger partial charge is 0.463 e. The van der Waals surface area contributed by atoms with Crippen molar-refractivity contribution in [2.75, 3.05) is 13.2 Å². The number of esters is 2. The quantitative estimate of drug-likeness (QED) is 0.0383. The normalized spacial score (nSPS) is 12.1. The third-order valence-corrected chi connectivity index (χ3v) is 10.5. The van der Waals surface area contributed by atoms with Crippen LogP contribution < -0.4 is 0 Å². The van der Waals surface area contributed by atoms with E-state index in [1.165, 1.54) is 199 Å². The van der Waals surface area contributed by atoms with Gasteiger partial charge in [-0.2, -0.15) is 0 Å². The van der Waals surface area contributed by atoms with Gasteiger partial charge in [-0.3, -0.25) is 9.59 Å². The average molecular weight is 735 g/mol. The third-order valence-electron chi connectivity index (χ3n) is 10.5. The zero-order valence-electron chi connectivity index (χ0n) is 35.1. The molecule has 0 aromatic carbocycles. The van der Waals surface area contributed by atoms with E-state index in [1.807, 2.05) is 0 Å². The summed E-state index contributed by atoms with van der Waals surface area (Å²) in [6, 6.07) is 0. The highest BCUT2D eigenvalue weighted by Crippen LogP contribution is 2.16. The highest BCUT2D eigenvalue weighted by atomic mass is 16.6. The molecule has 5 heteroatoms. The molecule has 0 aromatic rings. The van der Waals surface area contributed by atoms with Crippen LogP contribution in [0.1, 0.15) is 258 Å². The Morgan fingerprint density at radius 1 is 0.385 bits per heavy atom. The van der Waals surface area contributed by atoms with Crippen LogP contribution in [0.3, 0.4) is 0 Å². The Morgan fingerprint density at radius 3 is 0.885 bits per heavy atom. The van der Waals surface area contributed by atoms with Crippen LogP contribution in [0.4, 0.5) is 0 Å². The molecule has 0 amide bonds. The second-order valence-electron chi connectivity index (χ2n) is 15.9. The molecule has 1 atom stereocenters. The Kier molecular flexibility index (Phi) is 42.9. The van der Waals surface area contributed by atoms with E-state index >= 15 is 0 Å². The molecule has 1 N–H and O–H groups in total. The molecule has 0 unspecified atom stereocenters. The lowest BCUT2D eigenvalue weighted by molar-refractivity contribution is -0.152. The fraction of sp³-hybridized carbons (Fsp3) is 0.915. The molecule has 0 spiro atoms. The first-order valence-corrected chi connectivity index (χ1v) is 23.2. The molecular formula is C47H90O5. The van der Waals surface area contributed by atoms with Crippen LogP contribution in [0, 0.1) is 0 Å². The van der Waals surface area contributed by atoms with E-state index in [1.54, 1.807) is 0 Å². The molecule has 0 aliphatic heterocycles. The standard InChI is InChI=1S/C47H90O5/c1-3-5-7-9-11-13-15-17-19-21-22-23-24-26-28-30-32-34-36-38-40-42-47(50)52-44-45(48)43-51-46(49)41-39-37-35-33-31-29-27-25-20-18-16-14-12-10-8-6-4-2/h17,19,45,48H,3-16,18,20-44H2,1-2H3/b19-17-/t45-/m1/s1. The smallest absolute Gasteiger partial charge is 0.305 e. The lowest BCUT2D eigenvalue weighted by Crippen LogP contribution is -2.25. The monoisotopic (exact) mass is 735 g/mol. The second kappa shape index (κ2) is 44.0. The van der Waals surface area contributed by atoms with Crippen molar-refractivity contribution in [3.63, 3.8) is 0 Å². The average Bonchev–Trinajstić information content (AvgIpc) is 3.15. The predicted octanol–water partition coefficient (Wildman–Crippen LogP) is 14.9. The van der Waals surface area contributed by atoms with Gasteiger partial charge in [-0.1, -0.05) is 219 Å². The van der Waals surface area contributed by atoms with Crippen LogP contribution in [0.25, 0.3) is 0 Å². The van der Waals surface area contributed by atoms with Crippen LogP contribution in [0.2, 0.25) is 0 Å². The SMILES string of the molecule is CCCCCCCC/C=C\CCCCCCCCCCCCCC(=O)OC[C@H](O)COC(=O)CCCCCCCCCCCCCCCCCCC. The molecule has 0 fully saturated rings. The second-order valence-corrected chi connectivity index (χ2v) is 15.9. The maximum Gasteiger partial charge on any atom is 0.305 e. The fourth-order valence-electron chi connectivity index (χ4n) is 6.97. The number of ether oxygens (including phenoxy) is 2. The molecule has 0 aliphatic rings. The third kappa shape index (κ3) is 43.0. The van der Waals surface area contributed by atoms with Crippen LogP contribution in [-0.4, -0.2) is 36.4 Å². The zero-order valence-corrected chi connectivity index (χ0v) is 35.1.